The van der Waals surface area contributed by atoms with Crippen LogP contribution in [0.25, 0.3) is 0 Å². The zero-order chi connectivity index (χ0) is 19.0. The lowest BCUT2D eigenvalue weighted by molar-refractivity contribution is -0.166. The molecule has 0 amide bonds. The van der Waals surface area contributed by atoms with Crippen LogP contribution in [0.15, 0.2) is 58.7 Å². The summed E-state index contributed by atoms with van der Waals surface area (Å²) in [6.45, 7) is 2.06. The van der Waals surface area contributed by atoms with Gasteiger partial charge in [-0.2, -0.15) is 0 Å². The Kier molecular flexibility index (Phi) is 4.63. The average molecular weight is 405 g/mol. The van der Waals surface area contributed by atoms with Crippen molar-refractivity contribution in [1.82, 2.24) is 0 Å². The fourth-order valence-corrected chi connectivity index (χ4v) is 3.59. The van der Waals surface area contributed by atoms with Crippen LogP contribution in [0.2, 0.25) is 10.0 Å². The summed E-state index contributed by atoms with van der Waals surface area (Å²) in [5.74, 6) is -0.501. The van der Waals surface area contributed by atoms with Crippen molar-refractivity contribution in [3.8, 4) is 0 Å². The first-order valence-corrected chi connectivity index (χ1v) is 9.01. The largest absolute Gasteiger partial charge is 0.405 e. The van der Waals surface area contributed by atoms with E-state index < -0.39 is 17.8 Å². The number of cyclic esters (lactones) is 1. The van der Waals surface area contributed by atoms with Crippen LogP contribution in [-0.4, -0.2) is 36.0 Å². The van der Waals surface area contributed by atoms with E-state index in [1.54, 1.807) is 37.3 Å². The predicted octanol–water partition coefficient (Wildman–Crippen LogP) is 3.83. The number of ether oxygens (including phenoxy) is 2. The molecule has 138 valence electrons. The number of hydrogen-bond acceptors (Lipinski definition) is 6. The van der Waals surface area contributed by atoms with Crippen LogP contribution >= 0.6 is 23.2 Å². The topological polar surface area (TPSA) is 69.5 Å². The first-order chi connectivity index (χ1) is 13.1. The first kappa shape index (κ1) is 18.0. The van der Waals surface area contributed by atoms with Crippen LogP contribution in [0.4, 0.5) is 0 Å². The molecule has 0 N–H and O–H groups in total. The molecule has 2 aliphatic heterocycles. The van der Waals surface area contributed by atoms with Gasteiger partial charge in [0, 0.05) is 17.7 Å². The highest BCUT2D eigenvalue weighted by molar-refractivity contribution is 6.42. The Bertz CT molecular complexity index is 941. The van der Waals surface area contributed by atoms with Crippen molar-refractivity contribution >= 4 is 40.8 Å². The molecule has 2 aromatic rings. The molecule has 2 aromatic carbocycles. The smallest absolute Gasteiger partial charge is 0.354 e. The molecule has 0 bridgehead atoms. The number of carbonyl (C=O) groups is 1. The maximum absolute atomic E-state index is 13.0. The van der Waals surface area contributed by atoms with Gasteiger partial charge < -0.3 is 14.3 Å². The number of nitrogens with zero attached hydrogens (tertiary/aromatic N) is 2. The number of halogens is 2. The van der Waals surface area contributed by atoms with Gasteiger partial charge in [-0.15, -0.1) is 0 Å². The Labute approximate surface area is 165 Å². The molecular weight excluding hydrogens is 391 g/mol. The standard InChI is InChI=1S/C19H14Cl2N2O4/c1-2-25-18-19(15(23-27-18)14-12(20)9-6-10-13(14)21)17(24)26-16(22-19)11-7-4-3-5-8-11/h3-10,18H,2H2,1H3. The fraction of sp³-hybridized carbons (Fsp3) is 0.211. The molecular formula is C19H14Cl2N2O4. The monoisotopic (exact) mass is 404 g/mol. The van der Waals surface area contributed by atoms with Crippen molar-refractivity contribution in [2.24, 2.45) is 10.1 Å². The summed E-state index contributed by atoms with van der Waals surface area (Å²) in [4.78, 5) is 23.0. The number of benzene rings is 2. The van der Waals surface area contributed by atoms with E-state index in [-0.39, 0.29) is 18.2 Å². The van der Waals surface area contributed by atoms with Gasteiger partial charge in [-0.1, -0.05) is 52.6 Å². The second-order valence-electron chi connectivity index (χ2n) is 5.87. The van der Waals surface area contributed by atoms with E-state index in [9.17, 15) is 4.79 Å². The molecule has 0 aliphatic carbocycles. The predicted molar refractivity (Wildman–Crippen MR) is 101 cm³/mol. The van der Waals surface area contributed by atoms with Gasteiger partial charge in [-0.3, -0.25) is 0 Å². The van der Waals surface area contributed by atoms with E-state index in [4.69, 9.17) is 37.5 Å². The Morgan fingerprint density at radius 2 is 1.81 bits per heavy atom. The molecule has 0 saturated carbocycles. The third kappa shape index (κ3) is 2.81. The SMILES string of the molecule is CCOC1ON=C(c2c(Cl)cccc2Cl)C12N=C(c1ccccc1)OC2=O. The molecule has 4 rings (SSSR count). The van der Waals surface area contributed by atoms with Crippen LogP contribution in [0.5, 0.6) is 0 Å². The summed E-state index contributed by atoms with van der Waals surface area (Å²) in [5, 5.41) is 4.69. The minimum Gasteiger partial charge on any atom is -0.405 e. The molecule has 0 radical (unpaired) electrons. The molecule has 0 aromatic heterocycles. The minimum atomic E-state index is -1.64. The van der Waals surface area contributed by atoms with Crippen molar-refractivity contribution < 1.29 is 19.1 Å². The maximum atomic E-state index is 13.0. The van der Waals surface area contributed by atoms with E-state index in [1.807, 2.05) is 18.2 Å². The second-order valence-corrected chi connectivity index (χ2v) is 6.68. The third-order valence-electron chi connectivity index (χ3n) is 4.26. The molecule has 8 heteroatoms. The van der Waals surface area contributed by atoms with E-state index in [1.165, 1.54) is 0 Å². The van der Waals surface area contributed by atoms with Gasteiger partial charge in [-0.05, 0) is 31.2 Å². The maximum Gasteiger partial charge on any atom is 0.354 e. The first-order valence-electron chi connectivity index (χ1n) is 8.25. The van der Waals surface area contributed by atoms with Gasteiger partial charge in [0.1, 0.15) is 5.71 Å². The Morgan fingerprint density at radius 1 is 1.11 bits per heavy atom. The van der Waals surface area contributed by atoms with Gasteiger partial charge in [0.25, 0.3) is 11.8 Å². The highest BCUT2D eigenvalue weighted by Crippen LogP contribution is 2.41. The number of hydrogen-bond donors (Lipinski definition) is 0. The summed E-state index contributed by atoms with van der Waals surface area (Å²) < 4.78 is 11.1. The van der Waals surface area contributed by atoms with Gasteiger partial charge in [0.15, 0.2) is 0 Å². The molecule has 0 saturated heterocycles. The quantitative estimate of drug-likeness (QED) is 0.725. The number of oxime groups is 1. The zero-order valence-electron chi connectivity index (χ0n) is 14.2. The average Bonchev–Trinajstić information content (AvgIpc) is 3.19. The van der Waals surface area contributed by atoms with Crippen molar-refractivity contribution in [2.75, 3.05) is 6.61 Å². The molecule has 1 spiro atoms. The Balaban J connectivity index is 1.89. The van der Waals surface area contributed by atoms with Gasteiger partial charge >= 0.3 is 5.97 Å². The molecule has 0 fully saturated rings. The van der Waals surface area contributed by atoms with E-state index in [0.29, 0.717) is 21.2 Å². The third-order valence-corrected chi connectivity index (χ3v) is 4.89. The summed E-state index contributed by atoms with van der Waals surface area (Å²) in [7, 11) is 0. The molecule has 6 nitrogen and oxygen atoms in total. The van der Waals surface area contributed by atoms with Crippen LogP contribution < -0.4 is 0 Å². The highest BCUT2D eigenvalue weighted by Gasteiger charge is 2.63. The lowest BCUT2D eigenvalue weighted by Crippen LogP contribution is -2.51. The van der Waals surface area contributed by atoms with Gasteiger partial charge in [0.2, 0.25) is 5.90 Å². The van der Waals surface area contributed by atoms with Crippen LogP contribution in [0, 0.1) is 0 Å². The molecule has 2 heterocycles. The normalized spacial score (nSPS) is 23.8. The summed E-state index contributed by atoms with van der Waals surface area (Å²) in [6.07, 6.45) is -1.08. The van der Waals surface area contributed by atoms with Gasteiger partial charge in [-0.25, -0.2) is 9.79 Å². The fourth-order valence-electron chi connectivity index (χ4n) is 3.02. The number of rotatable bonds is 4. The summed E-state index contributed by atoms with van der Waals surface area (Å²) in [6, 6.07) is 14.1. The summed E-state index contributed by atoms with van der Waals surface area (Å²) in [5.41, 5.74) is -0.476. The highest BCUT2D eigenvalue weighted by atomic mass is 35.5. The van der Waals surface area contributed by atoms with Crippen LogP contribution in [-0.2, 0) is 19.1 Å². The van der Waals surface area contributed by atoms with Crippen LogP contribution in [0.1, 0.15) is 18.1 Å². The lowest BCUT2D eigenvalue weighted by Gasteiger charge is -2.23. The van der Waals surface area contributed by atoms with E-state index in [2.05, 4.69) is 10.1 Å². The van der Waals surface area contributed by atoms with Crippen molar-refractivity contribution in [3.63, 3.8) is 0 Å². The molecule has 2 unspecified atom stereocenters. The Hall–Kier alpha value is -2.41. The van der Waals surface area contributed by atoms with E-state index >= 15 is 0 Å². The number of aliphatic imine (C=N–C) groups is 1. The number of esters is 1. The van der Waals surface area contributed by atoms with Crippen molar-refractivity contribution in [3.05, 3.63) is 69.7 Å². The van der Waals surface area contributed by atoms with Gasteiger partial charge in [0.05, 0.1) is 10.0 Å². The minimum absolute atomic E-state index is 0.159. The van der Waals surface area contributed by atoms with Crippen molar-refractivity contribution in [2.45, 2.75) is 18.8 Å². The second kappa shape index (κ2) is 6.96. The summed E-state index contributed by atoms with van der Waals surface area (Å²) >= 11 is 12.7. The zero-order valence-corrected chi connectivity index (χ0v) is 15.7. The number of carbonyl (C=O) groups excluding carboxylic acids is 1. The van der Waals surface area contributed by atoms with E-state index in [0.717, 1.165) is 0 Å². The molecule has 2 aliphatic rings. The lowest BCUT2D eigenvalue weighted by atomic mass is 9.89. The van der Waals surface area contributed by atoms with Crippen molar-refractivity contribution in [1.29, 1.82) is 0 Å². The molecule has 27 heavy (non-hydrogen) atoms. The molecule has 2 atom stereocenters. The Morgan fingerprint density at radius 3 is 2.48 bits per heavy atom. The van der Waals surface area contributed by atoms with Crippen LogP contribution in [0.3, 0.4) is 0 Å².